The second-order valence-electron chi connectivity index (χ2n) is 9.15. The normalized spacial score (nSPS) is 21.8. The summed E-state index contributed by atoms with van der Waals surface area (Å²) < 4.78 is 39.8. The number of Topliss-reactive ketones (excluding diaryl/α,β-unsaturated/α-hetero) is 1. The lowest BCUT2D eigenvalue weighted by Gasteiger charge is -2.17. The number of amides is 2. The lowest BCUT2D eigenvalue weighted by molar-refractivity contribution is -0.117. The van der Waals surface area contributed by atoms with Gasteiger partial charge in [0.2, 0.25) is 10.0 Å². The van der Waals surface area contributed by atoms with Crippen LogP contribution >= 0.6 is 0 Å². The molecule has 2 aromatic rings. The highest BCUT2D eigenvalue weighted by molar-refractivity contribution is 7.88. The predicted octanol–water partition coefficient (Wildman–Crippen LogP) is 1.53. The Morgan fingerprint density at radius 3 is 2.26 bits per heavy atom. The number of piperidine rings is 1. The highest BCUT2D eigenvalue weighted by Gasteiger charge is 2.58. The van der Waals surface area contributed by atoms with Crippen molar-refractivity contribution in [1.29, 1.82) is 0 Å². The molecule has 4 rings (SSSR count). The van der Waals surface area contributed by atoms with E-state index < -0.39 is 27.6 Å². The van der Waals surface area contributed by atoms with Crippen LogP contribution in [0.15, 0.2) is 18.2 Å². The van der Waals surface area contributed by atoms with E-state index in [2.05, 4.69) is 10.6 Å². The number of hydrogen-bond acceptors (Lipinski definition) is 5. The molecule has 1 aliphatic carbocycles. The molecule has 0 bridgehead atoms. The number of halogens is 1. The highest BCUT2D eigenvalue weighted by Crippen LogP contribution is 2.46. The van der Waals surface area contributed by atoms with Gasteiger partial charge in [-0.05, 0) is 61.9 Å². The number of anilines is 1. The minimum Gasteiger partial charge on any atom is -0.346 e. The molecular weight excluding hydrogens is 463 g/mol. The Bertz CT molecular complexity index is 1320. The van der Waals surface area contributed by atoms with Gasteiger partial charge in [-0.25, -0.2) is 17.1 Å². The zero-order valence-electron chi connectivity index (χ0n) is 19.6. The van der Waals surface area contributed by atoms with Crippen molar-refractivity contribution in [3.63, 3.8) is 0 Å². The molecule has 1 unspecified atom stereocenters. The Hall–Kier alpha value is -3.05. The summed E-state index contributed by atoms with van der Waals surface area (Å²) in [7, 11) is -1.66. The first-order valence-electron chi connectivity index (χ1n) is 10.8. The molecule has 2 fully saturated rings. The Morgan fingerprint density at radius 1 is 1.09 bits per heavy atom. The van der Waals surface area contributed by atoms with E-state index in [1.54, 1.807) is 27.8 Å². The zero-order valence-corrected chi connectivity index (χ0v) is 20.4. The molecule has 0 spiro atoms. The van der Waals surface area contributed by atoms with Crippen molar-refractivity contribution in [3.8, 4) is 0 Å². The zero-order chi connectivity index (χ0) is 25.1. The fourth-order valence-electron chi connectivity index (χ4n) is 4.85. The maximum atomic E-state index is 13.5. The summed E-state index contributed by atoms with van der Waals surface area (Å²) in [6.07, 6.45) is 1.15. The van der Waals surface area contributed by atoms with E-state index in [-0.39, 0.29) is 35.0 Å². The van der Waals surface area contributed by atoms with Gasteiger partial charge >= 0.3 is 0 Å². The van der Waals surface area contributed by atoms with Crippen molar-refractivity contribution < 1.29 is 27.2 Å². The molecule has 3 atom stereocenters. The quantitative estimate of drug-likeness (QED) is 0.470. The predicted molar refractivity (Wildman–Crippen MR) is 124 cm³/mol. The average molecular weight is 491 g/mol. The second kappa shape index (κ2) is 8.31. The SMILES string of the molecule is Cc1cc(NC(=O)c2c(C)c(C(=O)C(=O)NC3[C@H]4CN(S(C)(=O)=O)C[C@@H]34)n(C)c2C)ccc1F. The van der Waals surface area contributed by atoms with Crippen LogP contribution in [-0.2, 0) is 21.9 Å². The fraction of sp³-hybridized carbons (Fsp3) is 0.435. The molecule has 0 radical (unpaired) electrons. The number of benzene rings is 1. The van der Waals surface area contributed by atoms with Crippen molar-refractivity contribution in [2.45, 2.75) is 26.8 Å². The number of nitrogens with one attached hydrogen (secondary N) is 2. The number of fused-ring (bicyclic) bond motifs is 1. The minimum absolute atomic E-state index is 0.00299. The van der Waals surface area contributed by atoms with Crippen LogP contribution in [-0.4, -0.2) is 60.3 Å². The molecule has 9 nitrogen and oxygen atoms in total. The van der Waals surface area contributed by atoms with Gasteiger partial charge in [-0.3, -0.25) is 14.4 Å². The van der Waals surface area contributed by atoms with Crippen LogP contribution < -0.4 is 10.6 Å². The van der Waals surface area contributed by atoms with Crippen molar-refractivity contribution in [2.24, 2.45) is 18.9 Å². The van der Waals surface area contributed by atoms with Crippen molar-refractivity contribution >= 4 is 33.3 Å². The summed E-state index contributed by atoms with van der Waals surface area (Å²) in [6, 6.07) is 3.99. The van der Waals surface area contributed by atoms with Gasteiger partial charge in [-0.15, -0.1) is 0 Å². The van der Waals surface area contributed by atoms with E-state index in [9.17, 15) is 27.2 Å². The van der Waals surface area contributed by atoms with Gasteiger partial charge in [0.15, 0.2) is 0 Å². The Balaban J connectivity index is 1.48. The summed E-state index contributed by atoms with van der Waals surface area (Å²) in [4.78, 5) is 38.7. The van der Waals surface area contributed by atoms with Crippen LogP contribution in [0, 0.1) is 38.4 Å². The van der Waals surface area contributed by atoms with Crippen molar-refractivity contribution in [1.82, 2.24) is 14.2 Å². The first-order valence-corrected chi connectivity index (χ1v) is 12.7. The van der Waals surface area contributed by atoms with Crippen LogP contribution in [0.2, 0.25) is 0 Å². The summed E-state index contributed by atoms with van der Waals surface area (Å²) in [6.45, 7) is 5.54. The number of carbonyl (C=O) groups is 3. The Labute approximate surface area is 197 Å². The van der Waals surface area contributed by atoms with Gasteiger partial charge in [0.25, 0.3) is 17.6 Å². The smallest absolute Gasteiger partial charge is 0.294 e. The molecule has 1 aromatic carbocycles. The molecule has 11 heteroatoms. The summed E-state index contributed by atoms with van der Waals surface area (Å²) in [5.41, 5.74) is 2.07. The standard InChI is InChI=1S/C23H27FN4O5S/c1-11-8-14(6-7-17(11)24)25-22(30)18-12(2)20(27(4)13(18)3)21(29)23(31)26-19-15-9-28(10-16(15)19)34(5,32)33/h6-8,15-16,19H,9-10H2,1-5H3,(H,25,30)(H,26,31)/t15-,16+,19?. The van der Waals surface area contributed by atoms with Crippen LogP contribution in [0.4, 0.5) is 10.1 Å². The van der Waals surface area contributed by atoms with Crippen LogP contribution in [0.5, 0.6) is 0 Å². The molecular formula is C23H27FN4O5S. The second-order valence-corrected chi connectivity index (χ2v) is 11.1. The maximum absolute atomic E-state index is 13.5. The Morgan fingerprint density at radius 2 is 1.71 bits per heavy atom. The molecule has 1 aromatic heterocycles. The first kappa shape index (κ1) is 24.1. The number of sulfonamides is 1. The molecule has 2 amide bonds. The van der Waals surface area contributed by atoms with Crippen molar-refractivity contribution in [2.75, 3.05) is 24.7 Å². The van der Waals surface area contributed by atoms with Gasteiger partial charge in [-0.1, -0.05) is 0 Å². The first-order chi connectivity index (χ1) is 15.8. The van der Waals surface area contributed by atoms with Gasteiger partial charge in [0.05, 0.1) is 17.5 Å². The molecule has 1 saturated carbocycles. The van der Waals surface area contributed by atoms with Gasteiger partial charge in [-0.2, -0.15) is 0 Å². The van der Waals surface area contributed by atoms with Crippen LogP contribution in [0.25, 0.3) is 0 Å². The van der Waals surface area contributed by atoms with E-state index in [0.29, 0.717) is 35.6 Å². The molecule has 1 aliphatic heterocycles. The van der Waals surface area contributed by atoms with E-state index in [1.807, 2.05) is 0 Å². The number of rotatable bonds is 6. The van der Waals surface area contributed by atoms with E-state index in [0.717, 1.165) is 6.26 Å². The lowest BCUT2D eigenvalue weighted by Crippen LogP contribution is -2.40. The molecule has 2 aliphatic rings. The molecule has 182 valence electrons. The summed E-state index contributed by atoms with van der Waals surface area (Å²) in [5.74, 6) is -2.38. The number of aryl methyl sites for hydroxylation is 1. The van der Waals surface area contributed by atoms with E-state index in [1.165, 1.54) is 27.1 Å². The number of ketones is 1. The molecule has 2 N–H and O–H groups in total. The average Bonchev–Trinajstić information content (AvgIpc) is 3.07. The largest absolute Gasteiger partial charge is 0.346 e. The summed E-state index contributed by atoms with van der Waals surface area (Å²) >= 11 is 0. The third kappa shape index (κ3) is 4.14. The topological polar surface area (TPSA) is 118 Å². The number of carbonyl (C=O) groups excluding carboxylic acids is 3. The molecule has 34 heavy (non-hydrogen) atoms. The number of hydrogen-bond donors (Lipinski definition) is 2. The van der Waals surface area contributed by atoms with Gasteiger partial charge in [0.1, 0.15) is 5.82 Å². The summed E-state index contributed by atoms with van der Waals surface area (Å²) in [5, 5.41) is 5.45. The van der Waals surface area contributed by atoms with Crippen LogP contribution in [0.1, 0.15) is 37.7 Å². The lowest BCUT2D eigenvalue weighted by atomic mass is 10.1. The third-order valence-electron chi connectivity index (χ3n) is 6.92. The van der Waals surface area contributed by atoms with Gasteiger partial charge in [0, 0.05) is 37.6 Å². The highest BCUT2D eigenvalue weighted by atomic mass is 32.2. The van der Waals surface area contributed by atoms with Crippen molar-refractivity contribution in [3.05, 3.63) is 52.1 Å². The van der Waals surface area contributed by atoms with E-state index >= 15 is 0 Å². The number of nitrogens with zero attached hydrogens (tertiary/aromatic N) is 2. The number of aromatic nitrogens is 1. The maximum Gasteiger partial charge on any atom is 0.294 e. The van der Waals surface area contributed by atoms with Gasteiger partial charge < -0.3 is 15.2 Å². The van der Waals surface area contributed by atoms with E-state index in [4.69, 9.17) is 0 Å². The fourth-order valence-corrected chi connectivity index (χ4v) is 5.73. The van der Waals surface area contributed by atoms with Crippen LogP contribution in [0.3, 0.4) is 0 Å². The molecule has 1 saturated heterocycles. The monoisotopic (exact) mass is 490 g/mol. The minimum atomic E-state index is -3.27. The molecule has 2 heterocycles. The Kier molecular flexibility index (Phi) is 5.89. The third-order valence-corrected chi connectivity index (χ3v) is 8.16.